The van der Waals surface area contributed by atoms with E-state index in [2.05, 4.69) is 44.1 Å². The van der Waals surface area contributed by atoms with Crippen molar-refractivity contribution in [3.63, 3.8) is 0 Å². The van der Waals surface area contributed by atoms with Crippen LogP contribution in [0.4, 0.5) is 0 Å². The molecule has 2 rings (SSSR count). The minimum Gasteiger partial charge on any atom is -0.491 e. The van der Waals surface area contributed by atoms with Crippen LogP contribution < -0.4 is 10.1 Å². The fourth-order valence-electron chi connectivity index (χ4n) is 1.58. The third kappa shape index (κ3) is 3.84. The lowest BCUT2D eigenvalue weighted by Gasteiger charge is -2.10. The zero-order valence-corrected chi connectivity index (χ0v) is 15.3. The Labute approximate surface area is 143 Å². The predicted molar refractivity (Wildman–Crippen MR) is 93.9 cm³/mol. The van der Waals surface area contributed by atoms with E-state index in [-0.39, 0.29) is 5.91 Å². The summed E-state index contributed by atoms with van der Waals surface area (Å²) in [5.74, 6) is 0.617. The first kappa shape index (κ1) is 16.0. The van der Waals surface area contributed by atoms with E-state index in [9.17, 15) is 4.79 Å². The number of hydrogen-bond donors (Lipinski definition) is 1. The van der Waals surface area contributed by atoms with Crippen LogP contribution in [0.1, 0.15) is 18.9 Å². The van der Waals surface area contributed by atoms with Crippen molar-refractivity contribution in [2.45, 2.75) is 13.3 Å². The number of thioether (sulfide) groups is 1. The Balaban J connectivity index is 2.29. The Morgan fingerprint density at radius 2 is 2.05 bits per heavy atom. The molecule has 1 amide bonds. The van der Waals surface area contributed by atoms with Gasteiger partial charge in [-0.1, -0.05) is 30.9 Å². The molecule has 1 aliphatic heterocycles. The Hall–Kier alpha value is -0.370. The molecule has 0 spiro atoms. The first-order valence-electron chi connectivity index (χ1n) is 5.88. The maximum atomic E-state index is 11.6. The average Bonchev–Trinajstić information content (AvgIpc) is 2.67. The highest BCUT2D eigenvalue weighted by atomic mass is 79.9. The van der Waals surface area contributed by atoms with E-state index in [1.54, 1.807) is 6.08 Å². The minimum absolute atomic E-state index is 0.154. The van der Waals surface area contributed by atoms with Gasteiger partial charge in [-0.25, -0.2) is 0 Å². The quantitative estimate of drug-likeness (QED) is 0.557. The van der Waals surface area contributed by atoms with E-state index >= 15 is 0 Å². The van der Waals surface area contributed by atoms with Crippen molar-refractivity contribution < 1.29 is 9.53 Å². The second-order valence-corrected chi connectivity index (χ2v) is 7.44. The van der Waals surface area contributed by atoms with E-state index in [0.717, 1.165) is 26.7 Å². The molecule has 1 N–H and O–H groups in total. The van der Waals surface area contributed by atoms with Crippen LogP contribution in [-0.4, -0.2) is 16.8 Å². The van der Waals surface area contributed by atoms with E-state index in [0.29, 0.717) is 15.8 Å². The molecule has 0 unspecified atom stereocenters. The Morgan fingerprint density at radius 3 is 2.55 bits per heavy atom. The largest absolute Gasteiger partial charge is 0.491 e. The Morgan fingerprint density at radius 1 is 1.40 bits per heavy atom. The second-order valence-electron chi connectivity index (χ2n) is 4.01. The number of ether oxygens (including phenoxy) is 1. The summed E-state index contributed by atoms with van der Waals surface area (Å²) >= 11 is 13.2. The third-order valence-electron chi connectivity index (χ3n) is 2.41. The molecule has 0 aromatic heterocycles. The molecule has 0 aliphatic carbocycles. The van der Waals surface area contributed by atoms with Gasteiger partial charge < -0.3 is 10.1 Å². The van der Waals surface area contributed by atoms with Gasteiger partial charge in [0.15, 0.2) is 0 Å². The number of rotatable bonds is 4. The summed E-state index contributed by atoms with van der Waals surface area (Å²) < 4.78 is 7.84. The van der Waals surface area contributed by atoms with Crippen LogP contribution in [0, 0.1) is 0 Å². The lowest BCUT2D eigenvalue weighted by molar-refractivity contribution is -0.115. The molecule has 1 heterocycles. The minimum atomic E-state index is -0.154. The summed E-state index contributed by atoms with van der Waals surface area (Å²) in [6, 6.07) is 3.83. The van der Waals surface area contributed by atoms with Crippen molar-refractivity contribution in [1.29, 1.82) is 0 Å². The van der Waals surface area contributed by atoms with Crippen molar-refractivity contribution in [2.24, 2.45) is 0 Å². The van der Waals surface area contributed by atoms with Crippen LogP contribution in [0.15, 0.2) is 26.0 Å². The van der Waals surface area contributed by atoms with Crippen molar-refractivity contribution in [1.82, 2.24) is 5.32 Å². The molecule has 1 aromatic rings. The number of amides is 1. The molecular weight excluding hydrogens is 426 g/mol. The molecule has 106 valence electrons. The lowest BCUT2D eigenvalue weighted by Crippen LogP contribution is -2.17. The molecule has 1 aliphatic rings. The number of carbonyl (C=O) groups is 1. The van der Waals surface area contributed by atoms with E-state index < -0.39 is 0 Å². The Kier molecular flexibility index (Phi) is 5.65. The number of carbonyl (C=O) groups excluding carboxylic acids is 1. The van der Waals surface area contributed by atoms with E-state index in [4.69, 9.17) is 17.0 Å². The molecule has 7 heteroatoms. The topological polar surface area (TPSA) is 38.3 Å². The summed E-state index contributed by atoms with van der Waals surface area (Å²) in [6.45, 7) is 2.71. The van der Waals surface area contributed by atoms with Crippen molar-refractivity contribution in [2.75, 3.05) is 6.61 Å². The summed E-state index contributed by atoms with van der Waals surface area (Å²) in [7, 11) is 0. The first-order valence-corrected chi connectivity index (χ1v) is 8.69. The number of halogens is 2. The summed E-state index contributed by atoms with van der Waals surface area (Å²) in [5, 5.41) is 2.59. The summed E-state index contributed by atoms with van der Waals surface area (Å²) in [6.07, 6.45) is 2.75. The molecule has 0 saturated carbocycles. The zero-order valence-electron chi connectivity index (χ0n) is 10.5. The van der Waals surface area contributed by atoms with Crippen LogP contribution in [0.25, 0.3) is 6.08 Å². The fraction of sp³-hybridized carbons (Fsp3) is 0.231. The molecule has 0 atom stereocenters. The summed E-state index contributed by atoms with van der Waals surface area (Å²) in [5.41, 5.74) is 0.898. The van der Waals surface area contributed by atoms with E-state index in [1.165, 1.54) is 11.8 Å². The standard InChI is InChI=1S/C13H11Br2NO2S2/c1-2-3-18-11-8(14)4-7(5-9(11)15)6-10-12(17)16-13(19)20-10/h4-6H,2-3H2,1H3,(H,16,17,19)/b10-6-. The highest BCUT2D eigenvalue weighted by molar-refractivity contribution is 9.11. The van der Waals surface area contributed by atoms with Gasteiger partial charge in [0.2, 0.25) is 0 Å². The zero-order chi connectivity index (χ0) is 14.7. The van der Waals surface area contributed by atoms with Gasteiger partial charge in [0, 0.05) is 0 Å². The van der Waals surface area contributed by atoms with Gasteiger partial charge >= 0.3 is 0 Å². The normalized spacial score (nSPS) is 16.6. The molecule has 0 radical (unpaired) electrons. The van der Waals surface area contributed by atoms with Gasteiger partial charge in [-0.15, -0.1) is 0 Å². The first-order chi connectivity index (χ1) is 9.51. The fourth-order valence-corrected chi connectivity index (χ4v) is 4.07. The van der Waals surface area contributed by atoms with Crippen LogP contribution >= 0.6 is 55.8 Å². The van der Waals surface area contributed by atoms with Gasteiger partial charge in [0.25, 0.3) is 5.91 Å². The predicted octanol–water partition coefficient (Wildman–Crippen LogP) is 4.49. The van der Waals surface area contributed by atoms with Gasteiger partial charge in [0.1, 0.15) is 10.1 Å². The molecule has 20 heavy (non-hydrogen) atoms. The molecule has 1 aromatic carbocycles. The molecule has 1 saturated heterocycles. The van der Waals surface area contributed by atoms with Crippen molar-refractivity contribution in [3.8, 4) is 5.75 Å². The highest BCUT2D eigenvalue weighted by Gasteiger charge is 2.22. The van der Waals surface area contributed by atoms with Crippen LogP contribution in [0.5, 0.6) is 5.75 Å². The van der Waals surface area contributed by atoms with Gasteiger partial charge in [-0.2, -0.15) is 0 Å². The third-order valence-corrected chi connectivity index (χ3v) is 4.75. The molecule has 0 bridgehead atoms. The van der Waals surface area contributed by atoms with Crippen molar-refractivity contribution in [3.05, 3.63) is 31.5 Å². The summed E-state index contributed by atoms with van der Waals surface area (Å²) in [4.78, 5) is 12.2. The molecule has 1 fully saturated rings. The Bertz CT molecular complexity index is 579. The van der Waals surface area contributed by atoms with Crippen LogP contribution in [0.2, 0.25) is 0 Å². The maximum Gasteiger partial charge on any atom is 0.263 e. The van der Waals surface area contributed by atoms with Crippen LogP contribution in [0.3, 0.4) is 0 Å². The second kappa shape index (κ2) is 7.06. The number of nitrogens with one attached hydrogen (secondary N) is 1. The van der Waals surface area contributed by atoms with Crippen molar-refractivity contribution >= 4 is 72.1 Å². The number of hydrogen-bond acceptors (Lipinski definition) is 4. The van der Waals surface area contributed by atoms with Crippen LogP contribution in [-0.2, 0) is 4.79 Å². The van der Waals surface area contributed by atoms with Gasteiger partial charge in [-0.3, -0.25) is 4.79 Å². The molecule has 3 nitrogen and oxygen atoms in total. The van der Waals surface area contributed by atoms with Gasteiger partial charge in [-0.05, 0) is 62.1 Å². The van der Waals surface area contributed by atoms with Gasteiger partial charge in [0.05, 0.1) is 20.5 Å². The SMILES string of the molecule is CCCOc1c(Br)cc(/C=C2\SC(=S)NC2=O)cc1Br. The highest BCUT2D eigenvalue weighted by Crippen LogP contribution is 2.36. The maximum absolute atomic E-state index is 11.6. The average molecular weight is 437 g/mol. The number of benzene rings is 1. The monoisotopic (exact) mass is 435 g/mol. The number of thiocarbonyl (C=S) groups is 1. The molecular formula is C13H11Br2NO2S2. The smallest absolute Gasteiger partial charge is 0.263 e. The lowest BCUT2D eigenvalue weighted by atomic mass is 10.2. The van der Waals surface area contributed by atoms with E-state index in [1.807, 2.05) is 12.1 Å².